The third kappa shape index (κ3) is 5.72. The summed E-state index contributed by atoms with van der Waals surface area (Å²) in [5.74, 6) is 0.802. The molecule has 9 heteroatoms. The number of amides is 1. The number of benzene rings is 1. The maximum absolute atomic E-state index is 12.4. The molecular weight excluding hydrogens is 495 g/mol. The van der Waals surface area contributed by atoms with Gasteiger partial charge in [0.15, 0.2) is 5.96 Å². The van der Waals surface area contributed by atoms with E-state index in [0.717, 1.165) is 29.2 Å². The van der Waals surface area contributed by atoms with Gasteiger partial charge < -0.3 is 20.3 Å². The number of aliphatic imine (C=N–C) groups is 1. The summed E-state index contributed by atoms with van der Waals surface area (Å²) in [6.07, 6.45) is 0.447. The molecule has 2 aromatic rings. The average molecular weight is 526 g/mol. The van der Waals surface area contributed by atoms with Crippen molar-refractivity contribution >= 4 is 41.5 Å². The standard InChI is InChI=1S/C21H30N6O2.HI/c1-15-19(16(2)27(25-15)10-11-29-4)13-23-21(22-3)24-17-12-20(28)26(14-17)18-8-6-5-7-9-18;/h5-9,17H,10-14H2,1-4H3,(H2,22,23,24);1H. The monoisotopic (exact) mass is 526 g/mol. The molecular formula is C21H31IN6O2. The second-order valence-electron chi connectivity index (χ2n) is 7.18. The fourth-order valence-corrected chi connectivity index (χ4v) is 3.61. The van der Waals surface area contributed by atoms with E-state index < -0.39 is 0 Å². The van der Waals surface area contributed by atoms with Gasteiger partial charge in [0.25, 0.3) is 0 Å². The van der Waals surface area contributed by atoms with Gasteiger partial charge in [-0.25, -0.2) is 0 Å². The van der Waals surface area contributed by atoms with Crippen molar-refractivity contribution in [3.8, 4) is 0 Å². The summed E-state index contributed by atoms with van der Waals surface area (Å²) in [6, 6.07) is 9.77. The number of ether oxygens (including phenoxy) is 1. The number of aryl methyl sites for hydroxylation is 1. The van der Waals surface area contributed by atoms with Crippen LogP contribution in [0.4, 0.5) is 5.69 Å². The number of hydrogen-bond acceptors (Lipinski definition) is 4. The number of methoxy groups -OCH3 is 1. The fraction of sp³-hybridized carbons (Fsp3) is 0.476. The van der Waals surface area contributed by atoms with Crippen LogP contribution in [0.25, 0.3) is 0 Å². The van der Waals surface area contributed by atoms with Crippen molar-refractivity contribution in [3.05, 3.63) is 47.3 Å². The molecule has 0 spiro atoms. The number of carbonyl (C=O) groups excluding carboxylic acids is 1. The van der Waals surface area contributed by atoms with E-state index >= 15 is 0 Å². The van der Waals surface area contributed by atoms with E-state index in [4.69, 9.17) is 4.74 Å². The highest BCUT2D eigenvalue weighted by atomic mass is 127. The Kier molecular flexibility index (Phi) is 9.09. The SMILES string of the molecule is CN=C(NCc1c(C)nn(CCOC)c1C)NC1CC(=O)N(c2ccccc2)C1.I. The lowest BCUT2D eigenvalue weighted by atomic mass is 10.2. The highest BCUT2D eigenvalue weighted by Crippen LogP contribution is 2.21. The molecule has 0 saturated carbocycles. The molecule has 30 heavy (non-hydrogen) atoms. The summed E-state index contributed by atoms with van der Waals surface area (Å²) in [4.78, 5) is 18.6. The predicted molar refractivity (Wildman–Crippen MR) is 130 cm³/mol. The number of para-hydroxylation sites is 1. The van der Waals surface area contributed by atoms with E-state index in [1.807, 2.05) is 46.8 Å². The Bertz CT molecular complexity index is 868. The number of carbonyl (C=O) groups is 1. The lowest BCUT2D eigenvalue weighted by molar-refractivity contribution is -0.117. The van der Waals surface area contributed by atoms with Gasteiger partial charge in [-0.1, -0.05) is 18.2 Å². The lowest BCUT2D eigenvalue weighted by Crippen LogP contribution is -2.44. The first kappa shape index (κ1) is 24.1. The van der Waals surface area contributed by atoms with Crippen LogP contribution in [0, 0.1) is 13.8 Å². The number of aromatic nitrogens is 2. The summed E-state index contributed by atoms with van der Waals surface area (Å²) in [5.41, 5.74) is 4.19. The minimum atomic E-state index is 0. The zero-order valence-corrected chi connectivity index (χ0v) is 20.3. The zero-order valence-electron chi connectivity index (χ0n) is 18.0. The van der Waals surface area contributed by atoms with Gasteiger partial charge in [0.2, 0.25) is 5.91 Å². The highest BCUT2D eigenvalue weighted by Gasteiger charge is 2.31. The van der Waals surface area contributed by atoms with E-state index in [-0.39, 0.29) is 35.9 Å². The normalized spacial score (nSPS) is 16.5. The summed E-state index contributed by atoms with van der Waals surface area (Å²) in [7, 11) is 3.43. The smallest absolute Gasteiger partial charge is 0.229 e. The molecule has 1 aromatic carbocycles. The summed E-state index contributed by atoms with van der Waals surface area (Å²) >= 11 is 0. The zero-order chi connectivity index (χ0) is 20.8. The first-order valence-electron chi connectivity index (χ1n) is 9.88. The number of nitrogens with zero attached hydrogens (tertiary/aromatic N) is 4. The minimum absolute atomic E-state index is 0. The molecule has 164 valence electrons. The van der Waals surface area contributed by atoms with E-state index in [0.29, 0.717) is 32.1 Å². The number of rotatable bonds is 7. The van der Waals surface area contributed by atoms with Gasteiger partial charge in [-0.15, -0.1) is 24.0 Å². The molecule has 1 saturated heterocycles. The van der Waals surface area contributed by atoms with Crippen LogP contribution in [0.5, 0.6) is 0 Å². The largest absolute Gasteiger partial charge is 0.383 e. The second-order valence-corrected chi connectivity index (χ2v) is 7.18. The third-order valence-electron chi connectivity index (χ3n) is 5.23. The van der Waals surface area contributed by atoms with Gasteiger partial charge >= 0.3 is 0 Å². The van der Waals surface area contributed by atoms with Gasteiger partial charge in [-0.3, -0.25) is 14.5 Å². The molecule has 8 nitrogen and oxygen atoms in total. The van der Waals surface area contributed by atoms with Crippen LogP contribution in [0.2, 0.25) is 0 Å². The molecule has 2 heterocycles. The average Bonchev–Trinajstić information content (AvgIpc) is 3.23. The van der Waals surface area contributed by atoms with Gasteiger partial charge in [-0.2, -0.15) is 5.10 Å². The van der Waals surface area contributed by atoms with Crippen LogP contribution in [0.1, 0.15) is 23.4 Å². The minimum Gasteiger partial charge on any atom is -0.383 e. The molecule has 2 N–H and O–H groups in total. The van der Waals surface area contributed by atoms with E-state index in [1.165, 1.54) is 0 Å². The number of nitrogens with one attached hydrogen (secondary N) is 2. The van der Waals surface area contributed by atoms with Crippen LogP contribution in [0.15, 0.2) is 35.3 Å². The maximum atomic E-state index is 12.4. The molecule has 0 bridgehead atoms. The van der Waals surface area contributed by atoms with Crippen LogP contribution < -0.4 is 15.5 Å². The van der Waals surface area contributed by atoms with Gasteiger partial charge in [0.1, 0.15) is 0 Å². The van der Waals surface area contributed by atoms with Crippen molar-refractivity contribution in [2.45, 2.75) is 39.4 Å². The molecule has 1 atom stereocenters. The van der Waals surface area contributed by atoms with E-state index in [1.54, 1.807) is 14.2 Å². The van der Waals surface area contributed by atoms with Gasteiger partial charge in [-0.05, 0) is 26.0 Å². The van der Waals surface area contributed by atoms with Crippen LogP contribution in [-0.4, -0.2) is 55.0 Å². The van der Waals surface area contributed by atoms with Crippen molar-refractivity contribution in [1.29, 1.82) is 0 Å². The Labute approximate surface area is 195 Å². The first-order valence-corrected chi connectivity index (χ1v) is 9.88. The number of hydrogen-bond donors (Lipinski definition) is 2. The number of guanidine groups is 1. The Morgan fingerprint density at radius 1 is 1.30 bits per heavy atom. The molecule has 1 aliphatic heterocycles. The van der Waals surface area contributed by atoms with Gasteiger partial charge in [0.05, 0.1) is 24.9 Å². The number of halogens is 1. The first-order chi connectivity index (χ1) is 14.0. The Morgan fingerprint density at radius 3 is 2.70 bits per heavy atom. The molecule has 1 unspecified atom stereocenters. The summed E-state index contributed by atoms with van der Waals surface area (Å²) in [6.45, 7) is 6.68. The Hall–Kier alpha value is -2.14. The topological polar surface area (TPSA) is 83.8 Å². The summed E-state index contributed by atoms with van der Waals surface area (Å²) in [5, 5.41) is 11.3. The molecule has 1 aromatic heterocycles. The van der Waals surface area contributed by atoms with Crippen LogP contribution in [0.3, 0.4) is 0 Å². The van der Waals surface area contributed by atoms with Crippen molar-refractivity contribution in [2.24, 2.45) is 4.99 Å². The molecule has 1 amide bonds. The maximum Gasteiger partial charge on any atom is 0.229 e. The van der Waals surface area contributed by atoms with Gasteiger partial charge in [0, 0.05) is 50.6 Å². The van der Waals surface area contributed by atoms with Crippen LogP contribution in [-0.2, 0) is 22.6 Å². The lowest BCUT2D eigenvalue weighted by Gasteiger charge is -2.19. The molecule has 1 aliphatic rings. The fourth-order valence-electron chi connectivity index (χ4n) is 3.61. The molecule has 1 fully saturated rings. The Balaban J connectivity index is 0.00000320. The van der Waals surface area contributed by atoms with E-state index in [9.17, 15) is 4.79 Å². The molecule has 3 rings (SSSR count). The third-order valence-corrected chi connectivity index (χ3v) is 5.23. The quantitative estimate of drug-likeness (QED) is 0.329. The highest BCUT2D eigenvalue weighted by molar-refractivity contribution is 14.0. The number of anilines is 1. The van der Waals surface area contributed by atoms with Crippen LogP contribution >= 0.6 is 24.0 Å². The van der Waals surface area contributed by atoms with E-state index in [2.05, 4.69) is 27.6 Å². The predicted octanol–water partition coefficient (Wildman–Crippen LogP) is 2.23. The van der Waals surface area contributed by atoms with Crippen molar-refractivity contribution in [1.82, 2.24) is 20.4 Å². The molecule has 0 radical (unpaired) electrons. The van der Waals surface area contributed by atoms with Crippen molar-refractivity contribution in [2.75, 3.05) is 32.2 Å². The second kappa shape index (κ2) is 11.3. The Morgan fingerprint density at radius 2 is 2.03 bits per heavy atom. The summed E-state index contributed by atoms with van der Waals surface area (Å²) < 4.78 is 7.12. The van der Waals surface area contributed by atoms with Crippen molar-refractivity contribution in [3.63, 3.8) is 0 Å². The van der Waals surface area contributed by atoms with Crippen molar-refractivity contribution < 1.29 is 9.53 Å². The molecule has 0 aliphatic carbocycles.